The maximum absolute atomic E-state index is 14.8. The summed E-state index contributed by atoms with van der Waals surface area (Å²) in [6.07, 6.45) is 1.92. The van der Waals surface area contributed by atoms with Gasteiger partial charge in [0.2, 0.25) is 41.4 Å². The Kier molecular flexibility index (Phi) is 20.6. The van der Waals surface area contributed by atoms with Gasteiger partial charge in [0.25, 0.3) is 23.6 Å². The van der Waals surface area contributed by atoms with E-state index in [1.54, 1.807) is 29.2 Å². The largest absolute Gasteiger partial charge is 0.399 e. The summed E-state index contributed by atoms with van der Waals surface area (Å²) < 4.78 is 69.3. The van der Waals surface area contributed by atoms with Crippen molar-refractivity contribution < 1.29 is 79.9 Å². The fourth-order valence-corrected chi connectivity index (χ4v) is 14.6. The van der Waals surface area contributed by atoms with Gasteiger partial charge >= 0.3 is 13.3 Å². The number of piperidine rings is 3. The number of primary amides is 1. The van der Waals surface area contributed by atoms with E-state index in [9.17, 15) is 79.9 Å². The number of benzene rings is 3. The third-order valence-electron chi connectivity index (χ3n) is 18.5. The number of rotatable bonds is 19. The van der Waals surface area contributed by atoms with Crippen LogP contribution in [0.25, 0.3) is 10.1 Å². The summed E-state index contributed by atoms with van der Waals surface area (Å²) in [5, 5.41) is 10.8. The number of hydrogen-bond acceptors (Lipinski definition) is 13. The third-order valence-corrected chi connectivity index (χ3v) is 20.6. The van der Waals surface area contributed by atoms with Crippen molar-refractivity contribution in [2.24, 2.45) is 11.7 Å². The van der Waals surface area contributed by atoms with Crippen LogP contribution in [-0.4, -0.2) is 181 Å². The van der Waals surface area contributed by atoms with Gasteiger partial charge in [-0.05, 0) is 123 Å². The summed E-state index contributed by atoms with van der Waals surface area (Å²) in [6, 6.07) is 9.25. The van der Waals surface area contributed by atoms with Crippen molar-refractivity contribution in [3.8, 4) is 11.8 Å². The van der Waals surface area contributed by atoms with E-state index in [1.165, 1.54) is 39.0 Å². The van der Waals surface area contributed by atoms with Crippen molar-refractivity contribution in [1.82, 2.24) is 45.8 Å². The number of nitrogens with one attached hydrogen (secondary N) is 4. The lowest BCUT2D eigenvalue weighted by atomic mass is 9.91. The Bertz CT molecular complexity index is 3730. The van der Waals surface area contributed by atoms with Crippen LogP contribution in [0.5, 0.6) is 0 Å². The van der Waals surface area contributed by atoms with Crippen LogP contribution in [-0.2, 0) is 56.8 Å². The van der Waals surface area contributed by atoms with Crippen molar-refractivity contribution in [1.29, 1.82) is 0 Å². The van der Waals surface area contributed by atoms with Crippen molar-refractivity contribution in [3.05, 3.63) is 105 Å². The molecule has 93 heavy (non-hydrogen) atoms. The second-order valence-electron chi connectivity index (χ2n) is 24.7. The highest BCUT2D eigenvalue weighted by Gasteiger charge is 2.51. The minimum Gasteiger partial charge on any atom is -0.370 e. The van der Waals surface area contributed by atoms with Crippen LogP contribution in [0.1, 0.15) is 143 Å². The topological polar surface area (TPSA) is 319 Å². The lowest BCUT2D eigenvalue weighted by molar-refractivity contribution is -0.144. The molecule has 6 aliphatic heterocycles. The van der Waals surface area contributed by atoms with Crippen molar-refractivity contribution in [3.63, 3.8) is 0 Å². The molecular weight excluding hydrogens is 1260 g/mol. The third kappa shape index (κ3) is 15.4. The van der Waals surface area contributed by atoms with Crippen LogP contribution < -0.4 is 27.0 Å². The highest BCUT2D eigenvalue weighted by Crippen LogP contribution is 2.59. The number of carbonyl (C=O) groups is 10. The van der Waals surface area contributed by atoms with E-state index in [1.807, 2.05) is 17.9 Å². The fraction of sp³-hybridized carbons (Fsp3) is 0.500. The number of likely N-dealkylation sites (tertiary alicyclic amines) is 2. The van der Waals surface area contributed by atoms with Crippen LogP contribution in [0, 0.1) is 17.8 Å². The molecule has 5 fully saturated rings. The van der Waals surface area contributed by atoms with Gasteiger partial charge in [-0.15, -0.1) is 11.3 Å². The summed E-state index contributed by atoms with van der Waals surface area (Å²) >= 11 is 0.901. The first-order valence-corrected chi connectivity index (χ1v) is 33.6. The Labute approximate surface area is 537 Å². The maximum atomic E-state index is 14.8. The van der Waals surface area contributed by atoms with E-state index in [0.29, 0.717) is 91.7 Å². The normalized spacial score (nSPS) is 22.0. The second-order valence-corrected chi connectivity index (χ2v) is 27.4. The molecule has 496 valence electrons. The second kappa shape index (κ2) is 28.2. The molecule has 4 aromatic rings. The average Bonchev–Trinajstić information content (AvgIpc) is 1.75. The number of nitrogens with zero attached hydrogens (tertiary/aromatic N) is 5. The maximum Gasteiger partial charge on any atom is 0.399 e. The number of carbonyl (C=O) groups excluding carboxylic acids is 10. The molecule has 1 unspecified atom stereocenters. The Morgan fingerprint density at radius 1 is 0.871 bits per heavy atom. The van der Waals surface area contributed by atoms with Crippen molar-refractivity contribution in [2.75, 3.05) is 45.8 Å². The number of halogens is 4. The first kappa shape index (κ1) is 67.8. The van der Waals surface area contributed by atoms with E-state index < -0.39 is 121 Å². The first-order valence-electron chi connectivity index (χ1n) is 31.2. The molecule has 0 radical (unpaired) electrons. The molecule has 5 saturated heterocycles. The molecule has 3 aromatic carbocycles. The zero-order valence-corrected chi connectivity index (χ0v) is 52.7. The zero-order valence-electron chi connectivity index (χ0n) is 51.0. The molecule has 0 bridgehead atoms. The van der Waals surface area contributed by atoms with Gasteiger partial charge in [0.1, 0.15) is 30.2 Å². The number of fused-ring (bicyclic) bond motifs is 3. The minimum atomic E-state index is -5.90. The number of likely N-dealkylation sites (N-methyl/N-ethyl adjacent to an activating group) is 1. The van der Waals surface area contributed by atoms with Gasteiger partial charge in [0.05, 0.1) is 4.88 Å². The van der Waals surface area contributed by atoms with Gasteiger partial charge in [-0.1, -0.05) is 43.0 Å². The standard InChI is InChI=1S/C64H73F4N10O13PS/c1-2-74-27-24-43-15-17-50(78(43)62(88)48(36-74)72-58(84)52-34-41-33-42(14-19-51(41)93-52)64(67,68)92(89,90)91)57(83)70-46(16-20-53(69)79)55(81)71-47(32-38-10-12-40(13-11-38)59(85)76-30-25-63(65,66)26-31-76)61(87)75-28-22-37(23-29-75)6-3-4-7-39-8-5-9-44-45(39)35-77(60(44)86)49-18-21-54(80)73-56(49)82/h5,8-14,19,33-34,37,43,46-50H,2-3,6,15-18,20-32,35-36H2,1H3,(H2,69,79)(H,70,83)(H,71,81)(H,72,84)(H,73,80,82)(H2,89,90,91)/t43-,46+,47+,48+,49?,50+/m1/s1. The highest BCUT2D eigenvalue weighted by atomic mass is 32.1. The summed E-state index contributed by atoms with van der Waals surface area (Å²) in [5.41, 5.74) is 2.70. The molecule has 6 atom stereocenters. The molecule has 29 heteroatoms. The highest BCUT2D eigenvalue weighted by molar-refractivity contribution is 7.52. The van der Waals surface area contributed by atoms with E-state index in [-0.39, 0.29) is 98.3 Å². The number of alkyl halides is 4. The van der Waals surface area contributed by atoms with Gasteiger partial charge < -0.3 is 56.0 Å². The van der Waals surface area contributed by atoms with Gasteiger partial charge in [-0.3, -0.25) is 57.8 Å². The summed E-state index contributed by atoms with van der Waals surface area (Å²) in [7, 11) is -5.90. The van der Waals surface area contributed by atoms with Gasteiger partial charge in [-0.2, -0.15) is 8.78 Å². The Morgan fingerprint density at radius 3 is 2.29 bits per heavy atom. The van der Waals surface area contributed by atoms with E-state index in [4.69, 9.17) is 5.73 Å². The molecule has 0 spiro atoms. The van der Waals surface area contributed by atoms with Gasteiger partial charge in [-0.25, -0.2) is 8.78 Å². The predicted octanol–water partition coefficient (Wildman–Crippen LogP) is 4.49. The number of thiophene rings is 1. The fourth-order valence-electron chi connectivity index (χ4n) is 13.2. The lowest BCUT2D eigenvalue weighted by Gasteiger charge is -2.38. The minimum absolute atomic E-state index is 0.00341. The molecule has 1 aromatic heterocycles. The summed E-state index contributed by atoms with van der Waals surface area (Å²) in [4.78, 5) is 163. The van der Waals surface area contributed by atoms with Crippen LogP contribution in [0.15, 0.2) is 66.7 Å². The Hall–Kier alpha value is -8.09. The monoisotopic (exact) mass is 1330 g/mol. The lowest BCUT2D eigenvalue weighted by Crippen LogP contribution is -2.62. The smallest absolute Gasteiger partial charge is 0.370 e. The van der Waals surface area contributed by atoms with Crippen LogP contribution in [0.2, 0.25) is 0 Å². The van der Waals surface area contributed by atoms with Gasteiger partial charge in [0.15, 0.2) is 0 Å². The van der Waals surface area contributed by atoms with E-state index in [0.717, 1.165) is 23.5 Å². The number of amides is 10. The molecule has 10 amide bonds. The van der Waals surface area contributed by atoms with Crippen LogP contribution >= 0.6 is 18.9 Å². The van der Waals surface area contributed by atoms with Crippen LogP contribution in [0.4, 0.5) is 17.6 Å². The first-order chi connectivity index (χ1) is 44.2. The predicted molar refractivity (Wildman–Crippen MR) is 330 cm³/mol. The Morgan fingerprint density at radius 2 is 1.60 bits per heavy atom. The van der Waals surface area contributed by atoms with E-state index in [2.05, 4.69) is 33.1 Å². The zero-order chi connectivity index (χ0) is 66.7. The van der Waals surface area contributed by atoms with Crippen molar-refractivity contribution in [2.45, 2.75) is 151 Å². The molecule has 8 N–H and O–H groups in total. The van der Waals surface area contributed by atoms with Crippen LogP contribution in [0.3, 0.4) is 0 Å². The average molecular weight is 1330 g/mol. The molecule has 10 rings (SSSR count). The molecule has 7 heterocycles. The van der Waals surface area contributed by atoms with Crippen molar-refractivity contribution >= 4 is 88.1 Å². The number of hydrogen-bond donors (Lipinski definition) is 7. The molecule has 6 aliphatic rings. The molecule has 0 saturated carbocycles. The number of nitrogens with two attached hydrogens (primary N) is 1. The SMILES string of the molecule is CCN1CC[C@H]2CC[C@@H](C(=O)N[C@@H](CCC(N)=O)C(=O)N[C@@H](Cc3ccc(C(=O)N4CCC(F)(F)CC4)cc3)C(=O)N3CCC(CCC#Cc4cccc5c4CN(C4CCC(=O)NC4=O)C5=O)CC3)N2C(=O)[C@@H](NC(=O)c2cc3cc(C(F)(F)P(=O)(O)O)ccc3s2)C1. The summed E-state index contributed by atoms with van der Waals surface area (Å²) in [6.45, 7) is 3.37. The Balaban J connectivity index is 0.821. The molecular formula is C64H73F4N10O13PS. The van der Waals surface area contributed by atoms with Gasteiger partial charge in [0, 0.05) is 117 Å². The summed E-state index contributed by atoms with van der Waals surface area (Å²) in [5.74, 6) is -2.15. The van der Waals surface area contributed by atoms with E-state index >= 15 is 0 Å². The molecule has 0 aliphatic carbocycles. The number of imide groups is 1. The quantitative estimate of drug-likeness (QED) is 0.0295. The molecule has 23 nitrogen and oxygen atoms in total.